The first kappa shape index (κ1) is 17.2. The van der Waals surface area contributed by atoms with Gasteiger partial charge in [-0.2, -0.15) is 0 Å². The minimum absolute atomic E-state index is 0.0950. The standard InChI is InChI=1S/C18H19Cl2N3O/c19-14-6-3-5-13(11-14)16(23-9-1-2-10-23)12-22-18(24)17-15(20)7-4-8-21-17/h3-8,11,16H,1-2,9-10,12H2,(H,22,24). The van der Waals surface area contributed by atoms with E-state index in [-0.39, 0.29) is 17.6 Å². The highest BCUT2D eigenvalue weighted by Crippen LogP contribution is 2.26. The van der Waals surface area contributed by atoms with Gasteiger partial charge in [-0.1, -0.05) is 35.3 Å². The molecule has 0 bridgehead atoms. The number of benzene rings is 1. The van der Waals surface area contributed by atoms with Crippen LogP contribution in [0.2, 0.25) is 10.0 Å². The average molecular weight is 364 g/mol. The number of carbonyl (C=O) groups is 1. The first-order chi connectivity index (χ1) is 11.6. The van der Waals surface area contributed by atoms with Crippen LogP contribution < -0.4 is 5.32 Å². The van der Waals surface area contributed by atoms with Crippen LogP contribution in [0.3, 0.4) is 0 Å². The van der Waals surface area contributed by atoms with Gasteiger partial charge in [0.25, 0.3) is 5.91 Å². The molecular weight excluding hydrogens is 345 g/mol. The molecule has 1 aliphatic heterocycles. The first-order valence-corrected chi connectivity index (χ1v) is 8.79. The summed E-state index contributed by atoms with van der Waals surface area (Å²) in [5, 5.41) is 4.03. The minimum Gasteiger partial charge on any atom is -0.349 e. The van der Waals surface area contributed by atoms with Crippen LogP contribution in [0.1, 0.15) is 34.9 Å². The summed E-state index contributed by atoms with van der Waals surface area (Å²) >= 11 is 12.2. The molecule has 1 aromatic carbocycles. The SMILES string of the molecule is O=C(NCC(c1cccc(Cl)c1)N1CCCC1)c1ncccc1Cl. The summed E-state index contributed by atoms with van der Waals surface area (Å²) in [6.07, 6.45) is 3.92. The minimum atomic E-state index is -0.258. The summed E-state index contributed by atoms with van der Waals surface area (Å²) in [5.74, 6) is -0.258. The highest BCUT2D eigenvalue weighted by atomic mass is 35.5. The number of rotatable bonds is 5. The predicted octanol–water partition coefficient (Wildman–Crippen LogP) is 3.96. The Balaban J connectivity index is 1.75. The molecule has 4 nitrogen and oxygen atoms in total. The lowest BCUT2D eigenvalue weighted by Crippen LogP contribution is -2.37. The van der Waals surface area contributed by atoms with Crippen molar-refractivity contribution < 1.29 is 4.79 Å². The number of hydrogen-bond donors (Lipinski definition) is 1. The molecule has 1 N–H and O–H groups in total. The van der Waals surface area contributed by atoms with Crippen LogP contribution in [0.4, 0.5) is 0 Å². The summed E-state index contributed by atoms with van der Waals surface area (Å²) in [7, 11) is 0. The van der Waals surface area contributed by atoms with Gasteiger partial charge in [-0.05, 0) is 55.8 Å². The van der Waals surface area contributed by atoms with Gasteiger partial charge in [0, 0.05) is 17.8 Å². The smallest absolute Gasteiger partial charge is 0.271 e. The lowest BCUT2D eigenvalue weighted by molar-refractivity contribution is 0.0933. The molecule has 126 valence electrons. The summed E-state index contributed by atoms with van der Waals surface area (Å²) in [5.41, 5.74) is 1.36. The number of nitrogens with zero attached hydrogens (tertiary/aromatic N) is 2. The third-order valence-electron chi connectivity index (χ3n) is 4.24. The molecule has 0 radical (unpaired) electrons. The zero-order chi connectivity index (χ0) is 16.9. The number of hydrogen-bond acceptors (Lipinski definition) is 3. The van der Waals surface area contributed by atoms with Crippen molar-refractivity contribution in [2.75, 3.05) is 19.6 Å². The van der Waals surface area contributed by atoms with Crippen molar-refractivity contribution in [3.63, 3.8) is 0 Å². The fourth-order valence-electron chi connectivity index (χ4n) is 3.05. The van der Waals surface area contributed by atoms with Crippen LogP contribution in [-0.4, -0.2) is 35.4 Å². The van der Waals surface area contributed by atoms with Crippen LogP contribution in [0, 0.1) is 0 Å². The van der Waals surface area contributed by atoms with Gasteiger partial charge in [0.2, 0.25) is 0 Å². The maximum Gasteiger partial charge on any atom is 0.271 e. The van der Waals surface area contributed by atoms with Gasteiger partial charge in [-0.3, -0.25) is 9.69 Å². The van der Waals surface area contributed by atoms with Gasteiger partial charge in [0.15, 0.2) is 0 Å². The Labute approximate surface area is 151 Å². The molecule has 2 aromatic rings. The molecule has 1 fully saturated rings. The van der Waals surface area contributed by atoms with E-state index in [4.69, 9.17) is 23.2 Å². The number of amides is 1. The van der Waals surface area contributed by atoms with Crippen LogP contribution in [0.15, 0.2) is 42.6 Å². The molecule has 2 heterocycles. The van der Waals surface area contributed by atoms with E-state index in [9.17, 15) is 4.79 Å². The van der Waals surface area contributed by atoms with Gasteiger partial charge in [-0.15, -0.1) is 0 Å². The lowest BCUT2D eigenvalue weighted by atomic mass is 10.1. The van der Waals surface area contributed by atoms with E-state index >= 15 is 0 Å². The zero-order valence-corrected chi connectivity index (χ0v) is 14.7. The lowest BCUT2D eigenvalue weighted by Gasteiger charge is -2.28. The number of pyridine rings is 1. The van der Waals surface area contributed by atoms with Crippen molar-refractivity contribution in [3.8, 4) is 0 Å². The van der Waals surface area contributed by atoms with Gasteiger partial charge in [0.05, 0.1) is 11.1 Å². The normalized spacial score (nSPS) is 16.1. The molecule has 1 aromatic heterocycles. The number of likely N-dealkylation sites (tertiary alicyclic amines) is 1. The second-order valence-corrected chi connectivity index (χ2v) is 6.70. The first-order valence-electron chi connectivity index (χ1n) is 8.03. The van der Waals surface area contributed by atoms with Crippen molar-refractivity contribution >= 4 is 29.1 Å². The topological polar surface area (TPSA) is 45.2 Å². The second kappa shape index (κ2) is 7.97. The summed E-state index contributed by atoms with van der Waals surface area (Å²) < 4.78 is 0. The fourth-order valence-corrected chi connectivity index (χ4v) is 3.46. The highest BCUT2D eigenvalue weighted by molar-refractivity contribution is 6.33. The van der Waals surface area contributed by atoms with E-state index < -0.39 is 0 Å². The monoisotopic (exact) mass is 363 g/mol. The Morgan fingerprint density at radius 1 is 1.21 bits per heavy atom. The molecule has 1 unspecified atom stereocenters. The summed E-state index contributed by atoms with van der Waals surface area (Å²) in [4.78, 5) is 18.8. The largest absolute Gasteiger partial charge is 0.349 e. The van der Waals surface area contributed by atoms with E-state index in [0.717, 1.165) is 18.7 Å². The third-order valence-corrected chi connectivity index (χ3v) is 4.78. The maximum atomic E-state index is 12.4. The van der Waals surface area contributed by atoms with Crippen molar-refractivity contribution in [1.29, 1.82) is 0 Å². The van der Waals surface area contributed by atoms with Gasteiger partial charge in [0.1, 0.15) is 5.69 Å². The molecule has 3 rings (SSSR count). The molecule has 0 aliphatic carbocycles. The zero-order valence-electron chi connectivity index (χ0n) is 13.2. The van der Waals surface area contributed by atoms with Crippen LogP contribution in [0.5, 0.6) is 0 Å². The van der Waals surface area contributed by atoms with Crippen molar-refractivity contribution in [3.05, 3.63) is 63.9 Å². The Morgan fingerprint density at radius 2 is 2.00 bits per heavy atom. The molecular formula is C18H19Cl2N3O. The maximum absolute atomic E-state index is 12.4. The van der Waals surface area contributed by atoms with E-state index in [2.05, 4.69) is 21.3 Å². The van der Waals surface area contributed by atoms with Gasteiger partial charge in [-0.25, -0.2) is 4.98 Å². The molecule has 0 spiro atoms. The number of nitrogens with one attached hydrogen (secondary N) is 1. The van der Waals surface area contributed by atoms with Crippen LogP contribution in [0.25, 0.3) is 0 Å². The van der Waals surface area contributed by atoms with E-state index in [1.54, 1.807) is 18.3 Å². The molecule has 24 heavy (non-hydrogen) atoms. The molecule has 1 saturated heterocycles. The van der Waals surface area contributed by atoms with Crippen molar-refractivity contribution in [1.82, 2.24) is 15.2 Å². The predicted molar refractivity (Wildman–Crippen MR) is 96.6 cm³/mol. The fraction of sp³-hybridized carbons (Fsp3) is 0.333. The quantitative estimate of drug-likeness (QED) is 0.874. The van der Waals surface area contributed by atoms with Crippen LogP contribution >= 0.6 is 23.2 Å². The van der Waals surface area contributed by atoms with Crippen molar-refractivity contribution in [2.45, 2.75) is 18.9 Å². The molecule has 6 heteroatoms. The number of aromatic nitrogens is 1. The van der Waals surface area contributed by atoms with E-state index in [0.29, 0.717) is 16.6 Å². The second-order valence-electron chi connectivity index (χ2n) is 5.86. The van der Waals surface area contributed by atoms with Crippen molar-refractivity contribution in [2.24, 2.45) is 0 Å². The van der Waals surface area contributed by atoms with Gasteiger partial charge < -0.3 is 5.32 Å². The Kier molecular flexibility index (Phi) is 5.72. The third kappa shape index (κ3) is 4.07. The average Bonchev–Trinajstić information content (AvgIpc) is 3.10. The highest BCUT2D eigenvalue weighted by Gasteiger charge is 2.24. The van der Waals surface area contributed by atoms with E-state index in [1.165, 1.54) is 12.8 Å². The molecule has 1 aliphatic rings. The summed E-state index contributed by atoms with van der Waals surface area (Å²) in [6.45, 7) is 2.54. The molecule has 1 amide bonds. The van der Waals surface area contributed by atoms with Gasteiger partial charge >= 0.3 is 0 Å². The Morgan fingerprint density at radius 3 is 2.71 bits per heavy atom. The molecule has 0 saturated carbocycles. The Bertz CT molecular complexity index is 717. The molecule has 1 atom stereocenters. The summed E-state index contributed by atoms with van der Waals surface area (Å²) in [6, 6.07) is 11.3. The number of carbonyl (C=O) groups excluding carboxylic acids is 1. The Hall–Kier alpha value is -1.62. The number of halogens is 2. The van der Waals surface area contributed by atoms with Crippen LogP contribution in [-0.2, 0) is 0 Å². The van der Waals surface area contributed by atoms with E-state index in [1.807, 2.05) is 18.2 Å².